The third kappa shape index (κ3) is 2.15. The highest BCUT2D eigenvalue weighted by Gasteiger charge is 2.07. The van der Waals surface area contributed by atoms with Crippen molar-refractivity contribution in [1.82, 2.24) is 0 Å². The molecule has 0 saturated heterocycles. The first kappa shape index (κ1) is 10.4. The van der Waals surface area contributed by atoms with Gasteiger partial charge >= 0.3 is 0 Å². The molecular weight excluding hydrogens is 180 g/mol. The third-order valence-electron chi connectivity index (χ3n) is 1.97. The fraction of sp³-hybridized carbons (Fsp3) is 0.300. The maximum Gasteiger partial charge on any atom is 0.137 e. The van der Waals surface area contributed by atoms with Crippen molar-refractivity contribution in [1.29, 1.82) is 5.26 Å². The predicted molar refractivity (Wildman–Crippen MR) is 51.9 cm³/mol. The zero-order valence-corrected chi connectivity index (χ0v) is 7.70. The van der Waals surface area contributed by atoms with Gasteiger partial charge in [0.05, 0.1) is 5.56 Å². The van der Waals surface area contributed by atoms with Crippen molar-refractivity contribution in [2.45, 2.75) is 12.8 Å². The molecule has 0 unspecified atom stereocenters. The lowest BCUT2D eigenvalue weighted by molar-refractivity contribution is 0.444. The number of nitrogens with zero attached hydrogens (tertiary/aromatic N) is 1. The average molecular weight is 192 g/mol. The molecule has 1 aromatic carbocycles. The van der Waals surface area contributed by atoms with E-state index in [1.807, 2.05) is 6.07 Å². The Morgan fingerprint density at radius 1 is 1.29 bits per heavy atom. The van der Waals surface area contributed by atoms with E-state index < -0.39 is 0 Å². The van der Waals surface area contributed by atoms with Crippen LogP contribution in [0.3, 0.4) is 0 Å². The lowest BCUT2D eigenvalue weighted by Gasteiger charge is -2.05. The van der Waals surface area contributed by atoms with E-state index in [0.717, 1.165) is 6.42 Å². The van der Waals surface area contributed by atoms with Crippen LogP contribution in [0.4, 0.5) is 0 Å². The summed E-state index contributed by atoms with van der Waals surface area (Å²) in [7, 11) is 0. The second-order valence-corrected chi connectivity index (χ2v) is 3.00. The molecule has 0 amide bonds. The Morgan fingerprint density at radius 3 is 2.57 bits per heavy atom. The molecule has 0 fully saturated rings. The van der Waals surface area contributed by atoms with E-state index in [1.54, 1.807) is 0 Å². The van der Waals surface area contributed by atoms with Gasteiger partial charge in [0.15, 0.2) is 0 Å². The molecule has 0 bridgehead atoms. The number of aromatic hydroxyl groups is 2. The molecule has 0 spiro atoms. The van der Waals surface area contributed by atoms with Gasteiger partial charge < -0.3 is 15.9 Å². The highest BCUT2D eigenvalue weighted by atomic mass is 16.3. The molecular formula is C10H12N2O2. The van der Waals surface area contributed by atoms with Crippen LogP contribution in [0, 0.1) is 11.3 Å². The maximum atomic E-state index is 9.43. The Hall–Kier alpha value is -1.73. The van der Waals surface area contributed by atoms with Gasteiger partial charge in [-0.3, -0.25) is 0 Å². The van der Waals surface area contributed by atoms with Crippen LogP contribution in [0.1, 0.15) is 17.5 Å². The van der Waals surface area contributed by atoms with Crippen molar-refractivity contribution >= 4 is 0 Å². The predicted octanol–water partition coefficient (Wildman–Crippen LogP) is 0.861. The summed E-state index contributed by atoms with van der Waals surface area (Å²) in [6.45, 7) is 0.530. The van der Waals surface area contributed by atoms with Gasteiger partial charge in [-0.1, -0.05) is 0 Å². The minimum Gasteiger partial charge on any atom is -0.508 e. The zero-order chi connectivity index (χ0) is 10.6. The van der Waals surface area contributed by atoms with Crippen LogP contribution in [0.25, 0.3) is 0 Å². The van der Waals surface area contributed by atoms with Gasteiger partial charge in [0.1, 0.15) is 17.6 Å². The van der Waals surface area contributed by atoms with E-state index in [2.05, 4.69) is 0 Å². The van der Waals surface area contributed by atoms with Crippen molar-refractivity contribution in [3.8, 4) is 17.6 Å². The minimum absolute atomic E-state index is 0.00921. The lowest BCUT2D eigenvalue weighted by atomic mass is 10.0. The Bertz CT molecular complexity index is 369. The number of hydrogen-bond acceptors (Lipinski definition) is 4. The first-order valence-corrected chi connectivity index (χ1v) is 4.34. The number of nitriles is 1. The molecule has 0 aliphatic carbocycles. The van der Waals surface area contributed by atoms with Crippen LogP contribution >= 0.6 is 0 Å². The maximum absolute atomic E-state index is 9.43. The van der Waals surface area contributed by atoms with Crippen LogP contribution < -0.4 is 5.73 Å². The van der Waals surface area contributed by atoms with Crippen LogP contribution in [0.15, 0.2) is 12.1 Å². The first-order valence-electron chi connectivity index (χ1n) is 4.34. The molecule has 4 N–H and O–H groups in total. The molecule has 1 aromatic rings. The summed E-state index contributed by atoms with van der Waals surface area (Å²) in [6.07, 6.45) is 1.35. The standard InChI is InChI=1S/C10H12N2O2/c11-3-1-2-7-4-8(6-12)10(14)5-9(7)13/h4-5,13-14H,1-3,11H2. The highest BCUT2D eigenvalue weighted by Crippen LogP contribution is 2.27. The number of hydrogen-bond donors (Lipinski definition) is 3. The summed E-state index contributed by atoms with van der Waals surface area (Å²) in [5.74, 6) is -0.184. The fourth-order valence-corrected chi connectivity index (χ4v) is 1.20. The van der Waals surface area contributed by atoms with Crippen molar-refractivity contribution in [2.75, 3.05) is 6.54 Å². The van der Waals surface area contributed by atoms with Crippen molar-refractivity contribution in [2.24, 2.45) is 5.73 Å². The van der Waals surface area contributed by atoms with Gasteiger partial charge in [-0.05, 0) is 31.0 Å². The fourth-order valence-electron chi connectivity index (χ4n) is 1.20. The summed E-state index contributed by atoms with van der Waals surface area (Å²) >= 11 is 0. The van der Waals surface area contributed by atoms with Gasteiger partial charge in [0, 0.05) is 6.07 Å². The monoisotopic (exact) mass is 192 g/mol. The Morgan fingerprint density at radius 2 is 2.00 bits per heavy atom. The summed E-state index contributed by atoms with van der Waals surface area (Å²) in [5.41, 5.74) is 6.15. The molecule has 0 aromatic heterocycles. The summed E-state index contributed by atoms with van der Waals surface area (Å²) in [6, 6.07) is 4.52. The van der Waals surface area contributed by atoms with Crippen LogP contribution in [-0.4, -0.2) is 16.8 Å². The van der Waals surface area contributed by atoms with E-state index >= 15 is 0 Å². The van der Waals surface area contributed by atoms with Crippen LogP contribution in [0.2, 0.25) is 0 Å². The van der Waals surface area contributed by atoms with Gasteiger partial charge in [0.25, 0.3) is 0 Å². The Labute approximate surface area is 82.2 Å². The summed E-state index contributed by atoms with van der Waals surface area (Å²) in [4.78, 5) is 0. The topological polar surface area (TPSA) is 90.3 Å². The van der Waals surface area contributed by atoms with Crippen LogP contribution in [-0.2, 0) is 6.42 Å². The quantitative estimate of drug-likeness (QED) is 0.662. The molecule has 4 heteroatoms. The third-order valence-corrected chi connectivity index (χ3v) is 1.97. The average Bonchev–Trinajstić information content (AvgIpc) is 2.17. The van der Waals surface area contributed by atoms with E-state index in [1.165, 1.54) is 12.1 Å². The van der Waals surface area contributed by atoms with Crippen molar-refractivity contribution in [3.63, 3.8) is 0 Å². The van der Waals surface area contributed by atoms with E-state index in [0.29, 0.717) is 18.5 Å². The zero-order valence-electron chi connectivity index (χ0n) is 7.70. The Balaban J connectivity index is 3.00. The molecule has 0 heterocycles. The first-order chi connectivity index (χ1) is 6.69. The molecule has 1 rings (SSSR count). The SMILES string of the molecule is N#Cc1cc(CCCN)c(O)cc1O. The number of aryl methyl sites for hydroxylation is 1. The highest BCUT2D eigenvalue weighted by molar-refractivity contribution is 5.50. The van der Waals surface area contributed by atoms with E-state index in [9.17, 15) is 10.2 Å². The summed E-state index contributed by atoms with van der Waals surface area (Å²) in [5, 5.41) is 27.3. The summed E-state index contributed by atoms with van der Waals surface area (Å²) < 4.78 is 0. The van der Waals surface area contributed by atoms with Crippen molar-refractivity contribution in [3.05, 3.63) is 23.3 Å². The number of rotatable bonds is 3. The van der Waals surface area contributed by atoms with Crippen molar-refractivity contribution < 1.29 is 10.2 Å². The van der Waals surface area contributed by atoms with Crippen LogP contribution in [0.5, 0.6) is 11.5 Å². The second-order valence-electron chi connectivity index (χ2n) is 3.00. The van der Waals surface area contributed by atoms with E-state index in [-0.39, 0.29) is 17.1 Å². The number of nitrogens with two attached hydrogens (primary N) is 1. The Kier molecular flexibility index (Phi) is 3.32. The lowest BCUT2D eigenvalue weighted by Crippen LogP contribution is -2.00. The molecule has 0 radical (unpaired) electrons. The molecule has 0 aliphatic rings. The van der Waals surface area contributed by atoms with Gasteiger partial charge in [-0.2, -0.15) is 5.26 Å². The molecule has 0 aliphatic heterocycles. The van der Waals surface area contributed by atoms with Gasteiger partial charge in [-0.25, -0.2) is 0 Å². The number of phenols is 2. The molecule has 74 valence electrons. The smallest absolute Gasteiger partial charge is 0.137 e. The van der Waals surface area contributed by atoms with Gasteiger partial charge in [-0.15, -0.1) is 0 Å². The largest absolute Gasteiger partial charge is 0.508 e. The molecule has 0 atom stereocenters. The minimum atomic E-state index is -0.193. The number of benzene rings is 1. The molecule has 14 heavy (non-hydrogen) atoms. The molecule has 4 nitrogen and oxygen atoms in total. The number of phenolic OH excluding ortho intramolecular Hbond substituents is 2. The normalized spacial score (nSPS) is 9.71. The van der Waals surface area contributed by atoms with Gasteiger partial charge in [0.2, 0.25) is 0 Å². The second kappa shape index (κ2) is 4.49. The van der Waals surface area contributed by atoms with E-state index in [4.69, 9.17) is 11.0 Å². The molecule has 0 saturated carbocycles.